The summed E-state index contributed by atoms with van der Waals surface area (Å²) < 4.78 is 11.3. The molecular formula is C17H27N5O3. The Balaban J connectivity index is 1.74. The number of rotatable bonds is 4. The third kappa shape index (κ3) is 4.19. The van der Waals surface area contributed by atoms with Crippen LogP contribution < -0.4 is 10.1 Å². The van der Waals surface area contributed by atoms with Crippen LogP contribution in [0.4, 0.5) is 10.6 Å². The Kier molecular flexibility index (Phi) is 5.39. The lowest BCUT2D eigenvalue weighted by Crippen LogP contribution is -2.60. The van der Waals surface area contributed by atoms with Gasteiger partial charge in [0.15, 0.2) is 0 Å². The van der Waals surface area contributed by atoms with Gasteiger partial charge in [-0.3, -0.25) is 5.32 Å². The second kappa shape index (κ2) is 7.53. The van der Waals surface area contributed by atoms with Crippen molar-refractivity contribution in [1.29, 1.82) is 0 Å². The highest BCUT2D eigenvalue weighted by Gasteiger charge is 2.44. The van der Waals surface area contributed by atoms with Crippen LogP contribution in [0.5, 0.6) is 5.88 Å². The normalized spacial score (nSPS) is 22.4. The molecule has 1 aromatic heterocycles. The van der Waals surface area contributed by atoms with Gasteiger partial charge >= 0.3 is 6.03 Å². The summed E-state index contributed by atoms with van der Waals surface area (Å²) in [5.41, 5.74) is -0.177. The van der Waals surface area contributed by atoms with Crippen molar-refractivity contribution >= 4 is 11.8 Å². The summed E-state index contributed by atoms with van der Waals surface area (Å²) in [6.07, 6.45) is 5.75. The first-order chi connectivity index (χ1) is 12.0. The molecule has 2 fully saturated rings. The van der Waals surface area contributed by atoms with E-state index in [4.69, 9.17) is 9.47 Å². The summed E-state index contributed by atoms with van der Waals surface area (Å²) in [5.74, 6) is 0.858. The van der Waals surface area contributed by atoms with E-state index < -0.39 is 0 Å². The average Bonchev–Trinajstić information content (AvgIpc) is 3.04. The molecule has 1 aromatic rings. The van der Waals surface area contributed by atoms with E-state index in [0.29, 0.717) is 24.8 Å². The minimum absolute atomic E-state index is 0.0185. The molecule has 138 valence electrons. The van der Waals surface area contributed by atoms with Gasteiger partial charge in [0.2, 0.25) is 5.88 Å². The van der Waals surface area contributed by atoms with Crippen LogP contribution >= 0.6 is 0 Å². The van der Waals surface area contributed by atoms with Crippen LogP contribution in [0.3, 0.4) is 0 Å². The van der Waals surface area contributed by atoms with Crippen molar-refractivity contribution in [2.45, 2.75) is 37.3 Å². The predicted octanol–water partition coefficient (Wildman–Crippen LogP) is 1.59. The van der Waals surface area contributed by atoms with E-state index in [2.05, 4.69) is 20.2 Å². The van der Waals surface area contributed by atoms with E-state index in [0.717, 1.165) is 32.2 Å². The molecule has 1 saturated heterocycles. The fourth-order valence-electron chi connectivity index (χ4n) is 3.68. The Bertz CT molecular complexity index is 604. The fourth-order valence-corrected chi connectivity index (χ4v) is 3.68. The van der Waals surface area contributed by atoms with Gasteiger partial charge in [-0.25, -0.2) is 14.8 Å². The molecule has 25 heavy (non-hydrogen) atoms. The monoisotopic (exact) mass is 349 g/mol. The number of amides is 2. The van der Waals surface area contributed by atoms with Crippen LogP contribution in [0.1, 0.15) is 25.7 Å². The van der Waals surface area contributed by atoms with Gasteiger partial charge in [0.25, 0.3) is 0 Å². The van der Waals surface area contributed by atoms with E-state index >= 15 is 0 Å². The predicted molar refractivity (Wildman–Crippen MR) is 93.8 cm³/mol. The second-order valence-corrected chi connectivity index (χ2v) is 7.12. The fraction of sp³-hybridized carbons (Fsp3) is 0.706. The molecule has 1 spiro atoms. The number of hydrogen-bond acceptors (Lipinski definition) is 6. The quantitative estimate of drug-likeness (QED) is 0.889. The van der Waals surface area contributed by atoms with Crippen LogP contribution in [-0.2, 0) is 4.74 Å². The highest BCUT2D eigenvalue weighted by Crippen LogP contribution is 2.37. The molecule has 1 saturated carbocycles. The van der Waals surface area contributed by atoms with Crippen molar-refractivity contribution in [3.05, 3.63) is 12.4 Å². The van der Waals surface area contributed by atoms with Crippen molar-refractivity contribution in [2.24, 2.45) is 0 Å². The number of urea groups is 1. The first-order valence-electron chi connectivity index (χ1n) is 8.74. The number of likely N-dealkylation sites (N-methyl/N-ethyl adjacent to an activating group) is 1. The molecule has 0 aromatic carbocycles. The standard InChI is InChI=1S/C17H27N5O3/c1-21(2)9-13-10-25-17(6-4-5-7-17)11-22(13)16(23)20-14-8-15(24-3)19-12-18-14/h8,12-13H,4-7,9-11H2,1-3H3,(H,18,19,20,23). The summed E-state index contributed by atoms with van der Waals surface area (Å²) in [7, 11) is 5.55. The third-order valence-corrected chi connectivity index (χ3v) is 4.92. The lowest BCUT2D eigenvalue weighted by molar-refractivity contribution is -0.118. The molecule has 2 heterocycles. The van der Waals surface area contributed by atoms with Crippen molar-refractivity contribution < 1.29 is 14.3 Å². The molecule has 1 unspecified atom stereocenters. The van der Waals surface area contributed by atoms with Crippen molar-refractivity contribution in [3.8, 4) is 5.88 Å². The smallest absolute Gasteiger partial charge is 0.323 e. The molecule has 1 atom stereocenters. The zero-order chi connectivity index (χ0) is 17.9. The van der Waals surface area contributed by atoms with Crippen LogP contribution in [0.15, 0.2) is 12.4 Å². The minimum Gasteiger partial charge on any atom is -0.481 e. The van der Waals surface area contributed by atoms with Crippen molar-refractivity contribution in [1.82, 2.24) is 19.8 Å². The maximum Gasteiger partial charge on any atom is 0.323 e. The maximum absolute atomic E-state index is 12.9. The van der Waals surface area contributed by atoms with Crippen LogP contribution in [-0.4, -0.2) is 78.3 Å². The number of carbonyl (C=O) groups excluding carboxylic acids is 1. The highest BCUT2D eigenvalue weighted by molar-refractivity contribution is 5.88. The van der Waals surface area contributed by atoms with Crippen molar-refractivity contribution in [2.75, 3.05) is 46.2 Å². The SMILES string of the molecule is COc1cc(NC(=O)N2CC3(CCCC3)OCC2CN(C)C)ncn1. The summed E-state index contributed by atoms with van der Waals surface area (Å²) in [4.78, 5) is 25.0. The van der Waals surface area contributed by atoms with E-state index in [1.54, 1.807) is 6.07 Å². The van der Waals surface area contributed by atoms with Crippen LogP contribution in [0.2, 0.25) is 0 Å². The Morgan fingerprint density at radius 2 is 2.20 bits per heavy atom. The first-order valence-corrected chi connectivity index (χ1v) is 8.74. The number of aromatic nitrogens is 2. The van der Waals surface area contributed by atoms with Gasteiger partial charge in [0.05, 0.1) is 31.9 Å². The highest BCUT2D eigenvalue weighted by atomic mass is 16.5. The largest absolute Gasteiger partial charge is 0.481 e. The molecule has 1 N–H and O–H groups in total. The second-order valence-electron chi connectivity index (χ2n) is 7.12. The Morgan fingerprint density at radius 3 is 2.88 bits per heavy atom. The number of nitrogens with one attached hydrogen (secondary N) is 1. The average molecular weight is 349 g/mol. The number of morpholine rings is 1. The number of methoxy groups -OCH3 is 1. The molecule has 2 aliphatic rings. The summed E-state index contributed by atoms with van der Waals surface area (Å²) in [5, 5.41) is 2.88. The van der Waals surface area contributed by atoms with E-state index in [1.807, 2.05) is 19.0 Å². The zero-order valence-corrected chi connectivity index (χ0v) is 15.2. The minimum atomic E-state index is -0.177. The topological polar surface area (TPSA) is 79.8 Å². The van der Waals surface area contributed by atoms with Gasteiger partial charge in [0, 0.05) is 12.6 Å². The molecule has 8 heteroatoms. The molecular weight excluding hydrogens is 322 g/mol. The van der Waals surface area contributed by atoms with Crippen LogP contribution in [0, 0.1) is 0 Å². The summed E-state index contributed by atoms with van der Waals surface area (Å²) >= 11 is 0. The van der Waals surface area contributed by atoms with Gasteiger partial charge in [-0.1, -0.05) is 12.8 Å². The van der Waals surface area contributed by atoms with Gasteiger partial charge in [0.1, 0.15) is 12.1 Å². The molecule has 2 amide bonds. The Morgan fingerprint density at radius 1 is 1.44 bits per heavy atom. The zero-order valence-electron chi connectivity index (χ0n) is 15.2. The Labute approximate surface area is 148 Å². The summed E-state index contributed by atoms with van der Waals surface area (Å²) in [6.45, 7) is 1.95. The van der Waals surface area contributed by atoms with Gasteiger partial charge in [-0.15, -0.1) is 0 Å². The number of hydrogen-bond donors (Lipinski definition) is 1. The van der Waals surface area contributed by atoms with Gasteiger partial charge in [-0.05, 0) is 26.9 Å². The van der Waals surface area contributed by atoms with E-state index in [1.165, 1.54) is 13.4 Å². The number of carbonyl (C=O) groups is 1. The summed E-state index contributed by atoms with van der Waals surface area (Å²) in [6, 6.07) is 1.48. The number of ether oxygens (including phenoxy) is 2. The number of anilines is 1. The molecule has 0 bridgehead atoms. The molecule has 1 aliphatic carbocycles. The molecule has 8 nitrogen and oxygen atoms in total. The van der Waals surface area contributed by atoms with Gasteiger partial charge < -0.3 is 19.3 Å². The Hall–Kier alpha value is -1.93. The van der Waals surface area contributed by atoms with Gasteiger partial charge in [-0.2, -0.15) is 0 Å². The van der Waals surface area contributed by atoms with Crippen molar-refractivity contribution in [3.63, 3.8) is 0 Å². The van der Waals surface area contributed by atoms with Crippen LogP contribution in [0.25, 0.3) is 0 Å². The maximum atomic E-state index is 12.9. The lowest BCUT2D eigenvalue weighted by atomic mass is 9.97. The third-order valence-electron chi connectivity index (χ3n) is 4.92. The van der Waals surface area contributed by atoms with E-state index in [9.17, 15) is 4.79 Å². The van der Waals surface area contributed by atoms with E-state index in [-0.39, 0.29) is 17.7 Å². The first kappa shape index (κ1) is 17.9. The molecule has 3 rings (SSSR count). The lowest BCUT2D eigenvalue weighted by Gasteiger charge is -2.45. The molecule has 0 radical (unpaired) electrons. The number of nitrogens with zero attached hydrogens (tertiary/aromatic N) is 4. The molecule has 1 aliphatic heterocycles.